The van der Waals surface area contributed by atoms with Crippen molar-refractivity contribution in [2.45, 2.75) is 5.92 Å². The van der Waals surface area contributed by atoms with Crippen molar-refractivity contribution >= 4 is 6.09 Å². The largest absolute Gasteiger partial charge is 0.449 e. The smallest absolute Gasteiger partial charge is 0.407 e. The molecule has 1 aliphatic rings. The Bertz CT molecular complexity index is 633. The van der Waals surface area contributed by atoms with Crippen LogP contribution in [0.4, 0.5) is 4.79 Å². The van der Waals surface area contributed by atoms with Crippen molar-refractivity contribution in [2.75, 3.05) is 13.2 Å². The SMILES string of the molecule is C=CCNC(=O)OCC1c2ccccc2-c2ccccc21. The summed E-state index contributed by atoms with van der Waals surface area (Å²) in [4.78, 5) is 11.6. The van der Waals surface area contributed by atoms with Crippen molar-refractivity contribution in [3.8, 4) is 11.1 Å². The summed E-state index contributed by atoms with van der Waals surface area (Å²) < 4.78 is 5.34. The zero-order valence-corrected chi connectivity index (χ0v) is 11.7. The van der Waals surface area contributed by atoms with Gasteiger partial charge in [-0.2, -0.15) is 0 Å². The number of carbonyl (C=O) groups is 1. The molecule has 0 radical (unpaired) electrons. The van der Waals surface area contributed by atoms with Gasteiger partial charge >= 0.3 is 6.09 Å². The molecule has 0 fully saturated rings. The Labute approximate surface area is 124 Å². The number of alkyl carbamates (subject to hydrolysis) is 1. The predicted molar refractivity (Wildman–Crippen MR) is 83.3 cm³/mol. The summed E-state index contributed by atoms with van der Waals surface area (Å²) in [5.74, 6) is 0.104. The first-order valence-corrected chi connectivity index (χ1v) is 7.01. The molecule has 0 aliphatic heterocycles. The fraction of sp³-hybridized carbons (Fsp3) is 0.167. The summed E-state index contributed by atoms with van der Waals surface area (Å²) in [7, 11) is 0. The lowest BCUT2D eigenvalue weighted by Crippen LogP contribution is -2.26. The highest BCUT2D eigenvalue weighted by Crippen LogP contribution is 2.44. The van der Waals surface area contributed by atoms with Gasteiger partial charge in [-0.25, -0.2) is 4.79 Å². The third-order valence-electron chi connectivity index (χ3n) is 3.73. The number of ether oxygens (including phenoxy) is 1. The third kappa shape index (κ3) is 2.55. The first kappa shape index (κ1) is 13.4. The Balaban J connectivity index is 1.82. The van der Waals surface area contributed by atoms with Gasteiger partial charge < -0.3 is 10.1 Å². The molecule has 1 N–H and O–H groups in total. The van der Waals surface area contributed by atoms with Gasteiger partial charge in [0.05, 0.1) is 0 Å². The van der Waals surface area contributed by atoms with Crippen LogP contribution in [0.5, 0.6) is 0 Å². The lowest BCUT2D eigenvalue weighted by atomic mass is 9.98. The quantitative estimate of drug-likeness (QED) is 0.866. The molecule has 106 valence electrons. The molecule has 2 aromatic rings. The summed E-state index contributed by atoms with van der Waals surface area (Å²) in [6.07, 6.45) is 1.22. The van der Waals surface area contributed by atoms with E-state index in [4.69, 9.17) is 4.74 Å². The summed E-state index contributed by atoms with van der Waals surface area (Å²) in [6, 6.07) is 16.6. The maximum absolute atomic E-state index is 11.6. The molecule has 1 aliphatic carbocycles. The van der Waals surface area contributed by atoms with E-state index in [0.29, 0.717) is 13.2 Å². The summed E-state index contributed by atoms with van der Waals surface area (Å²) in [6.45, 7) is 4.32. The lowest BCUT2D eigenvalue weighted by molar-refractivity contribution is 0.144. The van der Waals surface area contributed by atoms with Crippen molar-refractivity contribution in [3.05, 3.63) is 72.3 Å². The van der Waals surface area contributed by atoms with E-state index in [1.54, 1.807) is 6.08 Å². The Morgan fingerprint density at radius 2 is 1.67 bits per heavy atom. The highest BCUT2D eigenvalue weighted by Gasteiger charge is 2.28. The summed E-state index contributed by atoms with van der Waals surface area (Å²) >= 11 is 0. The second kappa shape index (κ2) is 5.83. The van der Waals surface area contributed by atoms with E-state index in [9.17, 15) is 4.79 Å². The van der Waals surface area contributed by atoms with Crippen LogP contribution < -0.4 is 5.32 Å². The maximum atomic E-state index is 11.6. The molecule has 0 atom stereocenters. The first-order valence-electron chi connectivity index (χ1n) is 7.01. The molecule has 0 saturated heterocycles. The van der Waals surface area contributed by atoms with Gasteiger partial charge in [-0.05, 0) is 22.3 Å². The van der Waals surface area contributed by atoms with Gasteiger partial charge in [-0.3, -0.25) is 0 Å². The number of rotatable bonds is 4. The van der Waals surface area contributed by atoms with Crippen LogP contribution in [-0.4, -0.2) is 19.2 Å². The summed E-state index contributed by atoms with van der Waals surface area (Å²) in [5.41, 5.74) is 4.90. The molecule has 0 spiro atoms. The molecule has 3 rings (SSSR count). The van der Waals surface area contributed by atoms with Crippen molar-refractivity contribution < 1.29 is 9.53 Å². The Hall–Kier alpha value is -2.55. The second-order valence-electron chi connectivity index (χ2n) is 5.00. The number of hydrogen-bond acceptors (Lipinski definition) is 2. The molecule has 2 aromatic carbocycles. The minimum atomic E-state index is -0.406. The van der Waals surface area contributed by atoms with Crippen molar-refractivity contribution in [2.24, 2.45) is 0 Å². The van der Waals surface area contributed by atoms with Crippen LogP contribution in [0.25, 0.3) is 11.1 Å². The van der Waals surface area contributed by atoms with Crippen LogP contribution >= 0.6 is 0 Å². The van der Waals surface area contributed by atoms with Crippen LogP contribution in [0.1, 0.15) is 17.0 Å². The van der Waals surface area contributed by atoms with Crippen LogP contribution in [0.2, 0.25) is 0 Å². The molecule has 21 heavy (non-hydrogen) atoms. The number of fused-ring (bicyclic) bond motifs is 3. The molecular formula is C18H17NO2. The number of benzene rings is 2. The van der Waals surface area contributed by atoms with Crippen LogP contribution in [0, 0.1) is 0 Å². The molecular weight excluding hydrogens is 262 g/mol. The monoisotopic (exact) mass is 279 g/mol. The van der Waals surface area contributed by atoms with Gasteiger partial charge in [0.25, 0.3) is 0 Å². The lowest BCUT2D eigenvalue weighted by Gasteiger charge is -2.14. The average Bonchev–Trinajstić information content (AvgIpc) is 2.85. The second-order valence-corrected chi connectivity index (χ2v) is 5.00. The van der Waals surface area contributed by atoms with Crippen molar-refractivity contribution in [1.29, 1.82) is 0 Å². The molecule has 0 saturated carbocycles. The fourth-order valence-electron chi connectivity index (χ4n) is 2.80. The minimum Gasteiger partial charge on any atom is -0.449 e. The number of amides is 1. The number of nitrogens with one attached hydrogen (secondary N) is 1. The van der Waals surface area contributed by atoms with E-state index >= 15 is 0 Å². The molecule has 3 heteroatoms. The topological polar surface area (TPSA) is 38.3 Å². The van der Waals surface area contributed by atoms with E-state index in [1.165, 1.54) is 22.3 Å². The number of carbonyl (C=O) groups excluding carboxylic acids is 1. The van der Waals surface area contributed by atoms with Crippen LogP contribution in [0.15, 0.2) is 61.2 Å². The molecule has 0 unspecified atom stereocenters. The maximum Gasteiger partial charge on any atom is 0.407 e. The van der Waals surface area contributed by atoms with Gasteiger partial charge in [-0.1, -0.05) is 54.6 Å². The Morgan fingerprint density at radius 3 is 2.24 bits per heavy atom. The molecule has 0 aromatic heterocycles. The first-order chi connectivity index (χ1) is 10.3. The zero-order valence-electron chi connectivity index (χ0n) is 11.7. The normalized spacial score (nSPS) is 12.4. The van der Waals surface area contributed by atoms with Crippen LogP contribution in [0.3, 0.4) is 0 Å². The molecule has 1 amide bonds. The van der Waals surface area contributed by atoms with Crippen LogP contribution in [-0.2, 0) is 4.74 Å². The standard InChI is InChI=1S/C18H17NO2/c1-2-11-19-18(20)21-12-17-15-9-5-3-7-13(15)14-8-4-6-10-16(14)17/h2-10,17H,1,11-12H2,(H,19,20). The minimum absolute atomic E-state index is 0.104. The fourth-order valence-corrected chi connectivity index (χ4v) is 2.80. The van der Waals surface area contributed by atoms with Crippen molar-refractivity contribution in [3.63, 3.8) is 0 Å². The van der Waals surface area contributed by atoms with E-state index < -0.39 is 6.09 Å². The van der Waals surface area contributed by atoms with Crippen molar-refractivity contribution in [1.82, 2.24) is 5.32 Å². The van der Waals surface area contributed by atoms with E-state index in [1.807, 2.05) is 24.3 Å². The third-order valence-corrected chi connectivity index (χ3v) is 3.73. The van der Waals surface area contributed by atoms with E-state index in [2.05, 4.69) is 36.2 Å². The highest BCUT2D eigenvalue weighted by molar-refractivity contribution is 5.79. The van der Waals surface area contributed by atoms with E-state index in [0.717, 1.165) is 0 Å². The predicted octanol–water partition coefficient (Wildman–Crippen LogP) is 3.71. The highest BCUT2D eigenvalue weighted by atomic mass is 16.5. The van der Waals surface area contributed by atoms with Gasteiger partial charge in [0.15, 0.2) is 0 Å². The molecule has 0 heterocycles. The zero-order chi connectivity index (χ0) is 14.7. The van der Waals surface area contributed by atoms with Gasteiger partial charge in [-0.15, -0.1) is 6.58 Å². The van der Waals surface area contributed by atoms with Gasteiger partial charge in [0.2, 0.25) is 0 Å². The number of hydrogen-bond donors (Lipinski definition) is 1. The van der Waals surface area contributed by atoms with E-state index in [-0.39, 0.29) is 5.92 Å². The average molecular weight is 279 g/mol. The molecule has 0 bridgehead atoms. The summed E-state index contributed by atoms with van der Waals surface area (Å²) in [5, 5.41) is 2.63. The Morgan fingerprint density at radius 1 is 1.10 bits per heavy atom. The van der Waals surface area contributed by atoms with Gasteiger partial charge in [0.1, 0.15) is 6.61 Å². The molecule has 3 nitrogen and oxygen atoms in total. The Kier molecular flexibility index (Phi) is 3.73. The van der Waals surface area contributed by atoms with Gasteiger partial charge in [0, 0.05) is 12.5 Å².